The summed E-state index contributed by atoms with van der Waals surface area (Å²) < 4.78 is 4.81. The Hall–Kier alpha value is -1.00. The van der Waals surface area contributed by atoms with Gasteiger partial charge in [-0.25, -0.2) is 5.48 Å². The minimum absolute atomic E-state index is 0.0857. The monoisotopic (exact) mass is 229 g/mol. The summed E-state index contributed by atoms with van der Waals surface area (Å²) in [6, 6.07) is 1.51. The molecule has 1 aliphatic rings. The van der Waals surface area contributed by atoms with Gasteiger partial charge in [0.1, 0.15) is 0 Å². The molecule has 4 nitrogen and oxygen atoms in total. The number of amides is 1. The average molecular weight is 230 g/mol. The van der Waals surface area contributed by atoms with E-state index < -0.39 is 0 Å². The van der Waals surface area contributed by atoms with Gasteiger partial charge >= 0.3 is 0 Å². The largest absolute Gasteiger partial charge is 0.452 e. The first-order valence-electron chi connectivity index (χ1n) is 4.96. The van der Waals surface area contributed by atoms with Crippen LogP contribution in [0.5, 0.6) is 0 Å². The van der Waals surface area contributed by atoms with Gasteiger partial charge < -0.3 is 4.42 Å². The van der Waals surface area contributed by atoms with Gasteiger partial charge in [-0.15, -0.1) is 0 Å². The lowest BCUT2D eigenvalue weighted by atomic mass is 10.3. The van der Waals surface area contributed by atoms with E-state index in [-0.39, 0.29) is 17.2 Å². The lowest BCUT2D eigenvalue weighted by Gasteiger charge is -2.10. The van der Waals surface area contributed by atoms with E-state index in [4.69, 9.17) is 20.9 Å². The van der Waals surface area contributed by atoms with Gasteiger partial charge in [0.15, 0.2) is 0 Å². The smallest absolute Gasteiger partial charge is 0.279 e. The number of furan rings is 1. The van der Waals surface area contributed by atoms with Gasteiger partial charge in [0, 0.05) is 0 Å². The van der Waals surface area contributed by atoms with Crippen LogP contribution in [0.3, 0.4) is 0 Å². The number of hydrogen-bond donors (Lipinski definition) is 1. The fraction of sp³-hybridized carbons (Fsp3) is 0.500. The molecule has 1 aromatic heterocycles. The predicted octanol–water partition coefficient (Wildman–Crippen LogP) is 2.54. The molecule has 0 aromatic carbocycles. The van der Waals surface area contributed by atoms with Crippen molar-refractivity contribution >= 4 is 17.5 Å². The number of hydrogen-bond acceptors (Lipinski definition) is 3. The van der Waals surface area contributed by atoms with Crippen molar-refractivity contribution in [3.8, 4) is 0 Å². The van der Waals surface area contributed by atoms with Gasteiger partial charge in [0.2, 0.25) is 5.22 Å². The molecule has 1 aromatic rings. The number of rotatable bonds is 3. The molecule has 0 aliphatic heterocycles. The molecule has 1 N–H and O–H groups in total. The Morgan fingerprint density at radius 3 is 2.87 bits per heavy atom. The third-order valence-electron chi connectivity index (χ3n) is 2.48. The molecule has 82 valence electrons. The van der Waals surface area contributed by atoms with Crippen molar-refractivity contribution in [2.75, 3.05) is 0 Å². The molecule has 5 heteroatoms. The van der Waals surface area contributed by atoms with Crippen molar-refractivity contribution in [3.63, 3.8) is 0 Å². The van der Waals surface area contributed by atoms with Gasteiger partial charge in [-0.3, -0.25) is 9.63 Å². The maximum Gasteiger partial charge on any atom is 0.279 e. The number of carbonyl (C=O) groups is 1. The third kappa shape index (κ3) is 2.52. The molecular weight excluding hydrogens is 218 g/mol. The second-order valence-corrected chi connectivity index (χ2v) is 3.91. The zero-order chi connectivity index (χ0) is 10.7. The van der Waals surface area contributed by atoms with E-state index in [0.717, 1.165) is 25.7 Å². The molecule has 1 saturated carbocycles. The molecule has 2 rings (SSSR count). The molecule has 1 amide bonds. The van der Waals surface area contributed by atoms with Crippen LogP contribution >= 0.6 is 11.6 Å². The molecule has 0 atom stereocenters. The molecule has 0 saturated heterocycles. The summed E-state index contributed by atoms with van der Waals surface area (Å²) in [6.07, 6.45) is 5.82. The molecule has 0 spiro atoms. The van der Waals surface area contributed by atoms with Crippen LogP contribution < -0.4 is 5.48 Å². The number of carbonyl (C=O) groups excluding carboxylic acids is 1. The highest BCUT2D eigenvalue weighted by Crippen LogP contribution is 2.20. The van der Waals surface area contributed by atoms with Gasteiger partial charge in [0.25, 0.3) is 5.91 Å². The van der Waals surface area contributed by atoms with Crippen LogP contribution in [-0.2, 0) is 4.84 Å². The molecule has 1 aliphatic carbocycles. The average Bonchev–Trinajstić information content (AvgIpc) is 2.84. The van der Waals surface area contributed by atoms with E-state index in [2.05, 4.69) is 5.48 Å². The molecule has 1 fully saturated rings. The molecule has 15 heavy (non-hydrogen) atoms. The number of nitrogens with one attached hydrogen (secondary N) is 1. The predicted molar refractivity (Wildman–Crippen MR) is 54.5 cm³/mol. The first-order chi connectivity index (χ1) is 7.27. The zero-order valence-corrected chi connectivity index (χ0v) is 8.92. The first-order valence-corrected chi connectivity index (χ1v) is 5.34. The SMILES string of the molecule is O=C(NOC1CCCC1)c1ccoc1Cl. The van der Waals surface area contributed by atoms with Crippen molar-refractivity contribution in [1.29, 1.82) is 0 Å². The summed E-state index contributed by atoms with van der Waals surface area (Å²) >= 11 is 5.65. The standard InChI is InChI=1S/C10H12ClNO3/c11-9-8(5-6-14-9)10(13)12-15-7-3-1-2-4-7/h5-7H,1-4H2,(H,12,13). The van der Waals surface area contributed by atoms with Gasteiger partial charge in [-0.2, -0.15) is 0 Å². The molecular formula is C10H12ClNO3. The Labute approximate surface area is 92.5 Å². The summed E-state index contributed by atoms with van der Waals surface area (Å²) in [7, 11) is 0. The Morgan fingerprint density at radius 2 is 2.27 bits per heavy atom. The molecule has 0 unspecified atom stereocenters. The van der Waals surface area contributed by atoms with Crippen LogP contribution in [0.1, 0.15) is 36.0 Å². The molecule has 1 heterocycles. The van der Waals surface area contributed by atoms with E-state index in [1.807, 2.05) is 0 Å². The molecule has 0 bridgehead atoms. The van der Waals surface area contributed by atoms with Crippen molar-refractivity contribution in [2.24, 2.45) is 0 Å². The first kappa shape index (κ1) is 10.5. The van der Waals surface area contributed by atoms with E-state index in [9.17, 15) is 4.79 Å². The summed E-state index contributed by atoms with van der Waals surface area (Å²) in [5.74, 6) is -0.361. The number of halogens is 1. The van der Waals surface area contributed by atoms with Gasteiger partial charge in [0.05, 0.1) is 17.9 Å². The van der Waals surface area contributed by atoms with E-state index in [0.29, 0.717) is 5.56 Å². The van der Waals surface area contributed by atoms with E-state index in [1.54, 1.807) is 0 Å². The lowest BCUT2D eigenvalue weighted by molar-refractivity contribution is -0.0125. The Bertz CT molecular complexity index is 344. The summed E-state index contributed by atoms with van der Waals surface area (Å²) in [5.41, 5.74) is 2.69. The minimum Gasteiger partial charge on any atom is -0.452 e. The van der Waals surface area contributed by atoms with Gasteiger partial charge in [-0.05, 0) is 30.5 Å². The highest BCUT2D eigenvalue weighted by Gasteiger charge is 2.18. The van der Waals surface area contributed by atoms with Gasteiger partial charge in [-0.1, -0.05) is 12.8 Å². The lowest BCUT2D eigenvalue weighted by Crippen LogP contribution is -2.28. The Balaban J connectivity index is 1.84. The Kier molecular flexibility index (Phi) is 3.28. The topological polar surface area (TPSA) is 51.5 Å². The van der Waals surface area contributed by atoms with Crippen LogP contribution in [0.15, 0.2) is 16.7 Å². The van der Waals surface area contributed by atoms with Crippen molar-refractivity contribution in [3.05, 3.63) is 23.1 Å². The van der Waals surface area contributed by atoms with Crippen molar-refractivity contribution in [1.82, 2.24) is 5.48 Å². The van der Waals surface area contributed by atoms with E-state index >= 15 is 0 Å². The second-order valence-electron chi connectivity index (χ2n) is 3.56. The van der Waals surface area contributed by atoms with Crippen LogP contribution in [0, 0.1) is 0 Å². The fourth-order valence-corrected chi connectivity index (χ4v) is 1.85. The summed E-state index contributed by atoms with van der Waals surface area (Å²) in [6.45, 7) is 0. The Morgan fingerprint density at radius 1 is 1.53 bits per heavy atom. The van der Waals surface area contributed by atoms with Crippen molar-refractivity contribution in [2.45, 2.75) is 31.8 Å². The maximum absolute atomic E-state index is 11.5. The van der Waals surface area contributed by atoms with Crippen LogP contribution in [0.25, 0.3) is 0 Å². The quantitative estimate of drug-likeness (QED) is 0.811. The van der Waals surface area contributed by atoms with Crippen LogP contribution in [0.2, 0.25) is 5.22 Å². The molecule has 0 radical (unpaired) electrons. The fourth-order valence-electron chi connectivity index (χ4n) is 1.65. The highest BCUT2D eigenvalue weighted by atomic mass is 35.5. The van der Waals surface area contributed by atoms with Crippen LogP contribution in [-0.4, -0.2) is 12.0 Å². The third-order valence-corrected chi connectivity index (χ3v) is 2.78. The summed E-state index contributed by atoms with van der Waals surface area (Å²) in [5, 5.41) is 0.0857. The number of hydroxylamine groups is 1. The van der Waals surface area contributed by atoms with Crippen molar-refractivity contribution < 1.29 is 14.0 Å². The second kappa shape index (κ2) is 4.68. The minimum atomic E-state index is -0.361. The summed E-state index contributed by atoms with van der Waals surface area (Å²) in [4.78, 5) is 16.7. The highest BCUT2D eigenvalue weighted by molar-refractivity contribution is 6.32. The van der Waals surface area contributed by atoms with Crippen LogP contribution in [0.4, 0.5) is 0 Å². The maximum atomic E-state index is 11.5. The zero-order valence-electron chi connectivity index (χ0n) is 8.16. The normalized spacial score (nSPS) is 16.9. The van der Waals surface area contributed by atoms with E-state index in [1.165, 1.54) is 12.3 Å².